The molecule has 2 saturated carbocycles. The van der Waals surface area contributed by atoms with E-state index < -0.39 is 18.2 Å². The molecule has 0 spiro atoms. The van der Waals surface area contributed by atoms with Crippen molar-refractivity contribution in [3.05, 3.63) is 137 Å². The molecule has 6 heteroatoms. The Morgan fingerprint density at radius 2 is 1.48 bits per heavy atom. The van der Waals surface area contributed by atoms with Crippen LogP contribution in [0.4, 0.5) is 8.78 Å². The molecule has 0 aliphatic heterocycles. The molecule has 4 nitrogen and oxygen atoms in total. The number of hydrogen-bond acceptors (Lipinski definition) is 4. The molecule has 0 amide bonds. The summed E-state index contributed by atoms with van der Waals surface area (Å²) in [5.74, 6) is -0.976. The molecule has 50 heavy (non-hydrogen) atoms. The minimum Gasteiger partial charge on any atom is -0.461 e. The predicted molar refractivity (Wildman–Crippen MR) is 195 cm³/mol. The lowest BCUT2D eigenvalue weighted by Gasteiger charge is -2.40. The zero-order chi connectivity index (χ0) is 35.8. The normalized spacial score (nSPS) is 23.8. The number of fused-ring (bicyclic) bond motifs is 3. The van der Waals surface area contributed by atoms with Gasteiger partial charge < -0.3 is 14.9 Å². The molecule has 3 unspecified atom stereocenters. The molecule has 0 saturated heterocycles. The SMILES string of the molecule is CC(C)C(C=C[C@H](O)C[C@H](O)CC(=O)OC1C2CC[C@@](C)(C1c1cccc3ccccc13)C2(C)C)=C(c1ccc(F)cc1)c1ccc(F)cc1. The smallest absolute Gasteiger partial charge is 0.308 e. The van der Waals surface area contributed by atoms with Crippen LogP contribution in [0.5, 0.6) is 0 Å². The molecule has 2 aliphatic rings. The maximum Gasteiger partial charge on any atom is 0.308 e. The summed E-state index contributed by atoms with van der Waals surface area (Å²) in [6, 6.07) is 27.0. The van der Waals surface area contributed by atoms with Crippen LogP contribution in [0, 0.1) is 34.3 Å². The third-order valence-corrected chi connectivity index (χ3v) is 11.8. The first kappa shape index (κ1) is 35.7. The predicted octanol–water partition coefficient (Wildman–Crippen LogP) is 9.79. The van der Waals surface area contributed by atoms with Crippen molar-refractivity contribution in [1.29, 1.82) is 0 Å². The van der Waals surface area contributed by atoms with E-state index in [-0.39, 0.29) is 59.2 Å². The Kier molecular flexibility index (Phi) is 10.2. The Morgan fingerprint density at radius 3 is 2.10 bits per heavy atom. The molecule has 2 fully saturated rings. The summed E-state index contributed by atoms with van der Waals surface area (Å²) in [5, 5.41) is 24.3. The first-order chi connectivity index (χ1) is 23.8. The number of carbonyl (C=O) groups excluding carboxylic acids is 1. The van der Waals surface area contributed by atoms with Crippen LogP contribution >= 0.6 is 0 Å². The van der Waals surface area contributed by atoms with Crippen molar-refractivity contribution in [3.63, 3.8) is 0 Å². The van der Waals surface area contributed by atoms with Gasteiger partial charge in [0.05, 0.1) is 18.6 Å². The minimum absolute atomic E-state index is 0.00834. The van der Waals surface area contributed by atoms with E-state index in [1.807, 2.05) is 19.9 Å². The monoisotopic (exact) mass is 678 g/mol. The van der Waals surface area contributed by atoms with Gasteiger partial charge in [0.25, 0.3) is 0 Å². The first-order valence-corrected chi connectivity index (χ1v) is 17.8. The van der Waals surface area contributed by atoms with Crippen LogP contribution in [-0.2, 0) is 9.53 Å². The zero-order valence-corrected chi connectivity index (χ0v) is 29.6. The van der Waals surface area contributed by atoms with E-state index >= 15 is 0 Å². The number of halogens is 2. The lowest BCUT2D eigenvalue weighted by Crippen LogP contribution is -2.36. The first-order valence-electron chi connectivity index (χ1n) is 17.8. The summed E-state index contributed by atoms with van der Waals surface area (Å²) in [5.41, 5.74) is 4.25. The number of aliphatic hydroxyl groups excluding tert-OH is 2. The van der Waals surface area contributed by atoms with Crippen molar-refractivity contribution in [2.45, 2.75) is 84.5 Å². The van der Waals surface area contributed by atoms with Gasteiger partial charge in [-0.15, -0.1) is 0 Å². The van der Waals surface area contributed by atoms with Gasteiger partial charge in [0, 0.05) is 18.3 Å². The number of carbonyl (C=O) groups is 1. The van der Waals surface area contributed by atoms with Gasteiger partial charge in [0.1, 0.15) is 17.7 Å². The number of benzene rings is 4. The highest BCUT2D eigenvalue weighted by molar-refractivity contribution is 5.87. The van der Waals surface area contributed by atoms with E-state index in [9.17, 15) is 23.8 Å². The Balaban J connectivity index is 1.18. The molecule has 2 bridgehead atoms. The van der Waals surface area contributed by atoms with Crippen LogP contribution in [0.3, 0.4) is 0 Å². The number of rotatable bonds is 11. The molecular weight excluding hydrogens is 630 g/mol. The maximum atomic E-state index is 13.8. The summed E-state index contributed by atoms with van der Waals surface area (Å²) in [4.78, 5) is 13.5. The van der Waals surface area contributed by atoms with Gasteiger partial charge in [-0.1, -0.05) is 114 Å². The molecule has 4 aromatic rings. The summed E-state index contributed by atoms with van der Waals surface area (Å²) in [6.45, 7) is 10.9. The van der Waals surface area contributed by atoms with Crippen LogP contribution in [-0.4, -0.2) is 34.5 Å². The number of hydrogen-bond donors (Lipinski definition) is 2. The standard InChI is InChI=1S/C44H48F2O4/c1-27(2)35(40(29-13-17-31(45)18-14-29)30-15-19-32(46)20-16-30)22-21-33(47)25-34(48)26-39(49)50-42-38-23-24-44(5,43(38,3)4)41(42)37-12-8-10-28-9-6-7-11-36(28)37/h6-22,27,33-34,38,41-42,47-48H,23-26H2,1-5H3/t33-,34-,38?,41?,42?,44-/m0/s1. The van der Waals surface area contributed by atoms with Gasteiger partial charge in [-0.25, -0.2) is 8.78 Å². The number of aliphatic hydroxyl groups is 2. The highest BCUT2D eigenvalue weighted by Gasteiger charge is 2.67. The van der Waals surface area contributed by atoms with Crippen molar-refractivity contribution < 1.29 is 28.5 Å². The Hall–Kier alpha value is -4.13. The van der Waals surface area contributed by atoms with Gasteiger partial charge in [-0.2, -0.15) is 0 Å². The summed E-state index contributed by atoms with van der Waals surface area (Å²) >= 11 is 0. The summed E-state index contributed by atoms with van der Waals surface area (Å²) in [6.07, 6.45) is 2.71. The number of ether oxygens (including phenoxy) is 1. The third-order valence-electron chi connectivity index (χ3n) is 11.8. The lowest BCUT2D eigenvalue weighted by atomic mass is 9.64. The van der Waals surface area contributed by atoms with Crippen molar-refractivity contribution in [2.24, 2.45) is 22.7 Å². The van der Waals surface area contributed by atoms with Crippen LogP contribution in [0.25, 0.3) is 16.3 Å². The molecule has 6 rings (SSSR count). The molecule has 0 radical (unpaired) electrons. The highest BCUT2D eigenvalue weighted by Crippen LogP contribution is 2.72. The largest absolute Gasteiger partial charge is 0.461 e. The van der Waals surface area contributed by atoms with E-state index in [4.69, 9.17) is 4.74 Å². The van der Waals surface area contributed by atoms with Crippen LogP contribution in [0.2, 0.25) is 0 Å². The Morgan fingerprint density at radius 1 is 0.880 bits per heavy atom. The van der Waals surface area contributed by atoms with Gasteiger partial charge in [-0.3, -0.25) is 4.79 Å². The Labute approximate surface area is 294 Å². The fourth-order valence-electron chi connectivity index (χ4n) is 8.83. The number of esters is 1. The highest BCUT2D eigenvalue weighted by atomic mass is 19.1. The fraction of sp³-hybridized carbons (Fsp3) is 0.386. The molecule has 262 valence electrons. The quantitative estimate of drug-likeness (QED) is 0.122. The molecule has 0 aromatic heterocycles. The molecule has 2 N–H and O–H groups in total. The van der Waals surface area contributed by atoms with Crippen molar-refractivity contribution >= 4 is 22.3 Å². The van der Waals surface area contributed by atoms with Crippen molar-refractivity contribution in [1.82, 2.24) is 0 Å². The maximum absolute atomic E-state index is 13.8. The molecule has 0 heterocycles. The summed E-state index contributed by atoms with van der Waals surface area (Å²) < 4.78 is 34.0. The lowest BCUT2D eigenvalue weighted by molar-refractivity contribution is -0.156. The second kappa shape index (κ2) is 14.2. The van der Waals surface area contributed by atoms with E-state index in [1.54, 1.807) is 36.4 Å². The molecule has 2 aliphatic carbocycles. The topological polar surface area (TPSA) is 66.8 Å². The minimum atomic E-state index is -1.11. The average molecular weight is 679 g/mol. The third kappa shape index (κ3) is 6.80. The van der Waals surface area contributed by atoms with Gasteiger partial charge in [-0.05, 0) is 92.5 Å². The fourth-order valence-corrected chi connectivity index (χ4v) is 8.83. The van der Waals surface area contributed by atoms with Gasteiger partial charge >= 0.3 is 5.97 Å². The molecular formula is C44H48F2O4. The van der Waals surface area contributed by atoms with E-state index in [1.165, 1.54) is 35.2 Å². The van der Waals surface area contributed by atoms with Crippen molar-refractivity contribution in [2.75, 3.05) is 0 Å². The zero-order valence-electron chi connectivity index (χ0n) is 29.6. The van der Waals surface area contributed by atoms with Crippen LogP contribution in [0.15, 0.2) is 109 Å². The molecule has 4 aromatic carbocycles. The Bertz CT molecular complexity index is 1840. The van der Waals surface area contributed by atoms with E-state index in [2.05, 4.69) is 57.2 Å². The second-order valence-corrected chi connectivity index (χ2v) is 15.3. The number of allylic oxidation sites excluding steroid dienone is 2. The van der Waals surface area contributed by atoms with Crippen molar-refractivity contribution in [3.8, 4) is 0 Å². The van der Waals surface area contributed by atoms with E-state index in [0.29, 0.717) is 0 Å². The van der Waals surface area contributed by atoms with Gasteiger partial charge in [0.2, 0.25) is 0 Å². The van der Waals surface area contributed by atoms with Gasteiger partial charge in [0.15, 0.2) is 0 Å². The average Bonchev–Trinajstić information content (AvgIpc) is 3.39. The van der Waals surface area contributed by atoms with Crippen LogP contribution < -0.4 is 0 Å². The summed E-state index contributed by atoms with van der Waals surface area (Å²) in [7, 11) is 0. The van der Waals surface area contributed by atoms with Crippen LogP contribution in [0.1, 0.15) is 82.9 Å². The second-order valence-electron chi connectivity index (χ2n) is 15.3. The van der Waals surface area contributed by atoms with E-state index in [0.717, 1.165) is 40.5 Å². The molecule has 6 atom stereocenters.